The molecule has 1 aliphatic rings. The smallest absolute Gasteiger partial charge is 0.228 e. The number of hydrogen-bond acceptors (Lipinski definition) is 4. The Kier molecular flexibility index (Phi) is 10.6. The van der Waals surface area contributed by atoms with Crippen molar-refractivity contribution in [3.8, 4) is 0 Å². The Morgan fingerprint density at radius 2 is 1.24 bits per heavy atom. The Morgan fingerprint density at radius 3 is 1.62 bits per heavy atom. The van der Waals surface area contributed by atoms with Gasteiger partial charge >= 0.3 is 0 Å². The Morgan fingerprint density at radius 1 is 0.793 bits per heavy atom. The molecule has 0 aromatic carbocycles. The number of unbranched alkanes of at least 4 members (excludes halogenated alkanes) is 4. The summed E-state index contributed by atoms with van der Waals surface area (Å²) in [5.41, 5.74) is -0.908. The largest absolute Gasteiger partial charge is 0.241 e. The average Bonchev–Trinajstić information content (AvgIpc) is 2.61. The van der Waals surface area contributed by atoms with Gasteiger partial charge in [0.1, 0.15) is 0 Å². The summed E-state index contributed by atoms with van der Waals surface area (Å²) in [5, 5.41) is 0. The average molecular weight is 415 g/mol. The van der Waals surface area contributed by atoms with Crippen molar-refractivity contribution in [2.24, 2.45) is 11.3 Å². The van der Waals surface area contributed by atoms with Gasteiger partial charge in [-0.1, -0.05) is 79.6 Å². The quantitative estimate of drug-likeness (QED) is 0.124. The molecule has 0 radical (unpaired) electrons. The highest BCUT2D eigenvalue weighted by atomic mass is 17.3. The summed E-state index contributed by atoms with van der Waals surface area (Å²) in [5.74, 6) is -0.723. The Hall–Kier alpha value is -0.160. The highest BCUT2D eigenvalue weighted by Gasteiger charge is 2.57. The minimum absolute atomic E-state index is 0.184. The van der Waals surface area contributed by atoms with Gasteiger partial charge in [-0.3, -0.25) is 0 Å². The van der Waals surface area contributed by atoms with Crippen LogP contribution in [0.15, 0.2) is 0 Å². The van der Waals surface area contributed by atoms with E-state index in [0.717, 1.165) is 38.5 Å². The Bertz CT molecular complexity index is 430. The van der Waals surface area contributed by atoms with Crippen LogP contribution >= 0.6 is 0 Å². The van der Waals surface area contributed by atoms with Gasteiger partial charge in [-0.15, -0.1) is 0 Å². The molecule has 0 bridgehead atoms. The van der Waals surface area contributed by atoms with E-state index >= 15 is 0 Å². The van der Waals surface area contributed by atoms with Crippen LogP contribution in [0, 0.1) is 11.3 Å². The third-order valence-electron chi connectivity index (χ3n) is 6.58. The van der Waals surface area contributed by atoms with E-state index in [2.05, 4.69) is 62.3 Å². The molecule has 1 unspecified atom stereocenters. The molecule has 1 atom stereocenters. The van der Waals surface area contributed by atoms with Crippen LogP contribution in [0.2, 0.25) is 0 Å². The van der Waals surface area contributed by atoms with Gasteiger partial charge in [0.05, 0.1) is 11.2 Å². The predicted molar refractivity (Wildman–Crippen MR) is 120 cm³/mol. The highest BCUT2D eigenvalue weighted by molar-refractivity contribution is 4.94. The van der Waals surface area contributed by atoms with Crippen molar-refractivity contribution in [3.05, 3.63) is 0 Å². The number of hydrogen-bond donors (Lipinski definition) is 0. The SMILES string of the molecule is CCCCCC(C)(C)OOC1(OOC(C)(C)CCCCC)C(C)CCCC1(C)C. The lowest BCUT2D eigenvalue weighted by Gasteiger charge is -2.51. The van der Waals surface area contributed by atoms with Gasteiger partial charge < -0.3 is 0 Å². The van der Waals surface area contributed by atoms with Gasteiger partial charge in [-0.2, -0.15) is 9.78 Å². The van der Waals surface area contributed by atoms with E-state index in [-0.39, 0.29) is 22.5 Å². The van der Waals surface area contributed by atoms with E-state index in [0.29, 0.717) is 0 Å². The molecular formula is C25H50O4. The van der Waals surface area contributed by atoms with Crippen LogP contribution in [0.4, 0.5) is 0 Å². The van der Waals surface area contributed by atoms with Crippen molar-refractivity contribution in [1.82, 2.24) is 0 Å². The molecule has 29 heavy (non-hydrogen) atoms. The molecule has 0 heterocycles. The molecule has 4 nitrogen and oxygen atoms in total. The van der Waals surface area contributed by atoms with Gasteiger partial charge in [0.25, 0.3) is 0 Å². The van der Waals surface area contributed by atoms with Crippen molar-refractivity contribution in [2.45, 2.75) is 150 Å². The first-order valence-electron chi connectivity index (χ1n) is 12.1. The summed E-state index contributed by atoms with van der Waals surface area (Å²) in [6, 6.07) is 0. The van der Waals surface area contributed by atoms with Crippen LogP contribution in [0.3, 0.4) is 0 Å². The molecule has 1 fully saturated rings. The fraction of sp³-hybridized carbons (Fsp3) is 1.00. The zero-order valence-corrected chi connectivity index (χ0v) is 21.0. The predicted octanol–water partition coefficient (Wildman–Crippen LogP) is 8.14. The summed E-state index contributed by atoms with van der Waals surface area (Å²) in [6.45, 7) is 19.5. The van der Waals surface area contributed by atoms with Gasteiger partial charge in [0, 0.05) is 11.3 Å². The van der Waals surface area contributed by atoms with Crippen molar-refractivity contribution < 1.29 is 19.6 Å². The van der Waals surface area contributed by atoms with Crippen molar-refractivity contribution in [1.29, 1.82) is 0 Å². The highest BCUT2D eigenvalue weighted by Crippen LogP contribution is 2.51. The molecule has 0 spiro atoms. The third-order valence-corrected chi connectivity index (χ3v) is 6.58. The molecule has 0 N–H and O–H groups in total. The minimum Gasteiger partial charge on any atom is -0.228 e. The van der Waals surface area contributed by atoms with Crippen LogP contribution in [-0.2, 0) is 19.6 Å². The van der Waals surface area contributed by atoms with E-state index < -0.39 is 5.79 Å². The first-order chi connectivity index (χ1) is 13.4. The van der Waals surface area contributed by atoms with Crippen molar-refractivity contribution in [3.63, 3.8) is 0 Å². The lowest BCUT2D eigenvalue weighted by Crippen LogP contribution is -2.58. The second kappa shape index (κ2) is 11.5. The molecule has 0 aliphatic heterocycles. The second-order valence-electron chi connectivity index (χ2n) is 11.1. The van der Waals surface area contributed by atoms with E-state index in [9.17, 15) is 0 Å². The summed E-state index contributed by atoms with van der Waals surface area (Å²) in [4.78, 5) is 24.7. The van der Waals surface area contributed by atoms with E-state index in [1.807, 2.05) is 0 Å². The summed E-state index contributed by atoms with van der Waals surface area (Å²) < 4.78 is 0. The fourth-order valence-electron chi connectivity index (χ4n) is 4.32. The van der Waals surface area contributed by atoms with E-state index in [4.69, 9.17) is 19.6 Å². The summed E-state index contributed by atoms with van der Waals surface area (Å²) in [7, 11) is 0. The van der Waals surface area contributed by atoms with Gasteiger partial charge in [0.2, 0.25) is 5.79 Å². The van der Waals surface area contributed by atoms with Crippen LogP contribution < -0.4 is 0 Å². The van der Waals surface area contributed by atoms with Crippen molar-refractivity contribution >= 4 is 0 Å². The molecule has 1 aliphatic carbocycles. The summed E-state index contributed by atoms with van der Waals surface area (Å²) in [6.07, 6.45) is 12.3. The zero-order valence-electron chi connectivity index (χ0n) is 21.0. The first kappa shape index (κ1) is 26.9. The van der Waals surface area contributed by atoms with Crippen LogP contribution in [0.1, 0.15) is 133 Å². The van der Waals surface area contributed by atoms with Gasteiger partial charge in [-0.25, -0.2) is 9.78 Å². The molecule has 1 rings (SSSR count). The maximum atomic E-state index is 6.27. The monoisotopic (exact) mass is 414 g/mol. The van der Waals surface area contributed by atoms with Crippen molar-refractivity contribution in [2.75, 3.05) is 0 Å². The maximum Gasteiger partial charge on any atom is 0.241 e. The molecule has 4 heteroatoms. The summed E-state index contributed by atoms with van der Waals surface area (Å²) >= 11 is 0. The lowest BCUT2D eigenvalue weighted by atomic mass is 9.67. The molecule has 0 amide bonds. The molecule has 0 aromatic heterocycles. The van der Waals surface area contributed by atoms with E-state index in [1.165, 1.54) is 32.1 Å². The molecule has 0 aromatic rings. The normalized spacial score (nSPS) is 22.0. The van der Waals surface area contributed by atoms with Crippen LogP contribution in [-0.4, -0.2) is 17.0 Å². The number of rotatable bonds is 14. The fourth-order valence-corrected chi connectivity index (χ4v) is 4.32. The van der Waals surface area contributed by atoms with Crippen LogP contribution in [0.5, 0.6) is 0 Å². The Balaban J connectivity index is 2.90. The topological polar surface area (TPSA) is 36.9 Å². The zero-order chi connectivity index (χ0) is 22.2. The van der Waals surface area contributed by atoms with Gasteiger partial charge in [0.15, 0.2) is 0 Å². The first-order valence-corrected chi connectivity index (χ1v) is 12.1. The Labute approximate surface area is 181 Å². The second-order valence-corrected chi connectivity index (χ2v) is 11.1. The molecule has 0 saturated heterocycles. The van der Waals surface area contributed by atoms with Gasteiger partial charge in [-0.05, 0) is 53.4 Å². The minimum atomic E-state index is -0.907. The maximum absolute atomic E-state index is 6.27. The van der Waals surface area contributed by atoms with E-state index in [1.54, 1.807) is 0 Å². The third kappa shape index (κ3) is 8.12. The standard InChI is InChI=1S/C25H50O4/c1-10-12-14-19-23(6,7)26-28-25(21(3)17-16-18-22(25,4)5)29-27-24(8,9)20-15-13-11-2/h21H,10-20H2,1-9H3. The lowest BCUT2D eigenvalue weighted by molar-refractivity contribution is -0.577. The molecular weight excluding hydrogens is 364 g/mol. The molecule has 174 valence electrons. The molecule has 1 saturated carbocycles. The van der Waals surface area contributed by atoms with Crippen LogP contribution in [0.25, 0.3) is 0 Å².